The second-order valence-electron chi connectivity index (χ2n) is 7.87. The third-order valence-electron chi connectivity index (χ3n) is 7.06. The number of nitrogens with zero attached hydrogens (tertiary/aromatic N) is 1. The number of carbonyl (C=O) groups excluding carboxylic acids is 1. The van der Waals surface area contributed by atoms with Crippen LogP contribution in [0.4, 0.5) is 5.69 Å². The van der Waals surface area contributed by atoms with Crippen molar-refractivity contribution in [3.05, 3.63) is 52.7 Å². The summed E-state index contributed by atoms with van der Waals surface area (Å²) >= 11 is 0. The Morgan fingerprint density at radius 1 is 1.33 bits per heavy atom. The summed E-state index contributed by atoms with van der Waals surface area (Å²) in [5, 5.41) is 3.66. The Bertz CT molecular complexity index is 799. The van der Waals surface area contributed by atoms with Crippen LogP contribution in [0.25, 0.3) is 0 Å². The van der Waals surface area contributed by atoms with Crippen molar-refractivity contribution in [3.63, 3.8) is 0 Å². The third-order valence-corrected chi connectivity index (χ3v) is 7.06. The lowest BCUT2D eigenvalue weighted by Gasteiger charge is -2.51. The Morgan fingerprint density at radius 2 is 2.12 bits per heavy atom. The molecular formula is C20H23ClN2O. The molecule has 2 saturated heterocycles. The van der Waals surface area contributed by atoms with Gasteiger partial charge in [-0.2, -0.15) is 0 Å². The van der Waals surface area contributed by atoms with Crippen LogP contribution in [0.2, 0.25) is 0 Å². The van der Waals surface area contributed by atoms with E-state index in [1.54, 1.807) is 0 Å². The van der Waals surface area contributed by atoms with E-state index >= 15 is 0 Å². The molecule has 0 aromatic heterocycles. The lowest BCUT2D eigenvalue weighted by Crippen LogP contribution is -3.00. The third kappa shape index (κ3) is 1.60. The summed E-state index contributed by atoms with van der Waals surface area (Å²) in [4.78, 5) is 12.0. The Hall–Kier alpha value is -1.58. The van der Waals surface area contributed by atoms with Gasteiger partial charge in [-0.25, -0.2) is 0 Å². The van der Waals surface area contributed by atoms with E-state index in [1.165, 1.54) is 29.1 Å². The van der Waals surface area contributed by atoms with E-state index in [2.05, 4.69) is 49.6 Å². The Balaban J connectivity index is 0.00000146. The second-order valence-corrected chi connectivity index (χ2v) is 7.87. The first-order chi connectivity index (χ1) is 11.1. The van der Waals surface area contributed by atoms with Crippen molar-refractivity contribution in [1.29, 1.82) is 0 Å². The van der Waals surface area contributed by atoms with Crippen molar-refractivity contribution in [2.45, 2.75) is 31.2 Å². The van der Waals surface area contributed by atoms with Crippen LogP contribution in [0.15, 0.2) is 47.2 Å². The Morgan fingerprint density at radius 3 is 2.88 bits per heavy atom. The molecule has 1 aliphatic carbocycles. The van der Waals surface area contributed by atoms with E-state index < -0.39 is 0 Å². The number of quaternary nitrogens is 1. The molecule has 4 atom stereocenters. The fraction of sp³-hybridized carbons (Fsp3) is 0.450. The number of carbonyl (C=O) groups is 1. The highest BCUT2D eigenvalue weighted by Crippen LogP contribution is 2.62. The predicted octanol–water partition coefficient (Wildman–Crippen LogP) is 0.00560. The lowest BCUT2D eigenvalue weighted by molar-refractivity contribution is -0.923. The molecule has 2 fully saturated rings. The van der Waals surface area contributed by atoms with Gasteiger partial charge >= 0.3 is 0 Å². The molecule has 2 bridgehead atoms. The molecule has 0 radical (unpaired) electrons. The zero-order valence-electron chi connectivity index (χ0n) is 14.2. The van der Waals surface area contributed by atoms with Gasteiger partial charge in [-0.05, 0) is 24.1 Å². The number of para-hydroxylation sites is 1. The van der Waals surface area contributed by atoms with Gasteiger partial charge in [0.05, 0.1) is 19.0 Å². The number of allylic oxidation sites excluding steroid dienone is 2. The average Bonchev–Trinajstić information content (AvgIpc) is 3.08. The smallest absolute Gasteiger partial charge is 0.148 e. The summed E-state index contributed by atoms with van der Waals surface area (Å²) in [5.41, 5.74) is 6.35. The second kappa shape index (κ2) is 4.96. The van der Waals surface area contributed by atoms with Crippen LogP contribution >= 0.6 is 0 Å². The molecular weight excluding hydrogens is 320 g/mol. The van der Waals surface area contributed by atoms with Gasteiger partial charge in [-0.1, -0.05) is 24.3 Å². The number of piperidine rings is 1. The number of rotatable bonds is 1. The van der Waals surface area contributed by atoms with Gasteiger partial charge in [0, 0.05) is 35.7 Å². The van der Waals surface area contributed by atoms with Crippen LogP contribution in [-0.4, -0.2) is 36.9 Å². The zero-order chi connectivity index (χ0) is 15.8. The molecule has 1 aromatic carbocycles. The van der Waals surface area contributed by atoms with Crippen LogP contribution in [0, 0.1) is 5.92 Å². The summed E-state index contributed by atoms with van der Waals surface area (Å²) in [6, 6.07) is 9.27. The standard InChI is InChI=1S/C20H22N2O.ClH/c1-3-13-11-22(2)9-8-20-16-6-4-5-7-17(16)21-19(20)15(12-23)14(13)10-18(20)22;/h3-7,12,14,18H,8-11H2,1-2H3;1H/b13-3+;/t14-,18-,20?,22+;/m0./s1. The maximum atomic E-state index is 12.0. The quantitative estimate of drug-likeness (QED) is 0.442. The molecule has 4 heteroatoms. The van der Waals surface area contributed by atoms with E-state index in [0.29, 0.717) is 12.0 Å². The maximum Gasteiger partial charge on any atom is 0.148 e. The summed E-state index contributed by atoms with van der Waals surface area (Å²) in [6.07, 6.45) is 5.65. The molecule has 5 rings (SSSR count). The minimum absolute atomic E-state index is 0. The van der Waals surface area contributed by atoms with E-state index in [-0.39, 0.29) is 17.8 Å². The molecule has 1 spiro atoms. The van der Waals surface area contributed by atoms with E-state index in [4.69, 9.17) is 0 Å². The lowest BCUT2D eigenvalue weighted by atomic mass is 9.61. The molecule has 1 N–H and O–H groups in total. The van der Waals surface area contributed by atoms with Crippen LogP contribution in [0.3, 0.4) is 0 Å². The highest BCUT2D eigenvalue weighted by atomic mass is 35.5. The van der Waals surface area contributed by atoms with Crippen molar-refractivity contribution >= 4 is 12.0 Å². The van der Waals surface area contributed by atoms with Gasteiger partial charge in [0.15, 0.2) is 0 Å². The molecule has 1 unspecified atom stereocenters. The van der Waals surface area contributed by atoms with E-state index in [1.807, 2.05) is 0 Å². The Labute approximate surface area is 149 Å². The number of nitrogens with one attached hydrogen (secondary N) is 1. The number of fused-ring (bicyclic) bond motifs is 2. The molecule has 3 nitrogen and oxygen atoms in total. The predicted molar refractivity (Wildman–Crippen MR) is 91.0 cm³/mol. The van der Waals surface area contributed by atoms with Crippen LogP contribution in [0.5, 0.6) is 0 Å². The summed E-state index contributed by atoms with van der Waals surface area (Å²) in [5.74, 6) is 0.316. The minimum Gasteiger partial charge on any atom is -1.00 e. The number of hydrogen-bond donors (Lipinski definition) is 1. The van der Waals surface area contributed by atoms with E-state index in [0.717, 1.165) is 35.7 Å². The molecule has 3 aliphatic heterocycles. The first-order valence-corrected chi connectivity index (χ1v) is 8.70. The van der Waals surface area contributed by atoms with Gasteiger partial charge in [0.25, 0.3) is 0 Å². The molecule has 24 heavy (non-hydrogen) atoms. The van der Waals surface area contributed by atoms with Crippen molar-refractivity contribution in [3.8, 4) is 0 Å². The van der Waals surface area contributed by atoms with Gasteiger partial charge in [-0.15, -0.1) is 0 Å². The average molecular weight is 343 g/mol. The number of hydrogen-bond acceptors (Lipinski definition) is 2. The van der Waals surface area contributed by atoms with Crippen LogP contribution in [0.1, 0.15) is 25.3 Å². The van der Waals surface area contributed by atoms with Gasteiger partial charge in [0.1, 0.15) is 18.9 Å². The van der Waals surface area contributed by atoms with Gasteiger partial charge in [0.2, 0.25) is 0 Å². The maximum absolute atomic E-state index is 12.0. The first-order valence-electron chi connectivity index (χ1n) is 8.70. The normalized spacial score (nSPS) is 39.8. The van der Waals surface area contributed by atoms with E-state index in [9.17, 15) is 4.79 Å². The molecule has 126 valence electrons. The summed E-state index contributed by atoms with van der Waals surface area (Å²) in [6.45, 7) is 4.42. The van der Waals surface area contributed by atoms with Gasteiger partial charge in [-0.3, -0.25) is 4.79 Å². The highest BCUT2D eigenvalue weighted by molar-refractivity contribution is 5.84. The highest BCUT2D eigenvalue weighted by Gasteiger charge is 2.67. The number of benzene rings is 1. The van der Waals surface area contributed by atoms with Crippen LogP contribution in [-0.2, 0) is 10.2 Å². The fourth-order valence-electron chi connectivity index (χ4n) is 6.07. The number of halogens is 1. The van der Waals surface area contributed by atoms with Gasteiger partial charge < -0.3 is 22.2 Å². The minimum atomic E-state index is 0. The monoisotopic (exact) mass is 342 g/mol. The van der Waals surface area contributed by atoms with Crippen molar-refractivity contribution in [2.75, 3.05) is 25.5 Å². The van der Waals surface area contributed by atoms with Crippen LogP contribution < -0.4 is 17.7 Å². The first kappa shape index (κ1) is 15.9. The fourth-order valence-corrected chi connectivity index (χ4v) is 6.07. The number of aldehydes is 1. The van der Waals surface area contributed by atoms with Crippen molar-refractivity contribution in [1.82, 2.24) is 0 Å². The summed E-state index contributed by atoms with van der Waals surface area (Å²) < 4.78 is 1.13. The molecule has 1 aromatic rings. The zero-order valence-corrected chi connectivity index (χ0v) is 14.9. The molecule has 0 saturated carbocycles. The molecule has 4 aliphatic rings. The molecule has 3 heterocycles. The number of likely N-dealkylation sites (N-methyl/N-ethyl adjacent to an activating group) is 1. The summed E-state index contributed by atoms with van der Waals surface area (Å²) in [7, 11) is 2.42. The topological polar surface area (TPSA) is 29.1 Å². The number of anilines is 1. The largest absolute Gasteiger partial charge is 1.00 e. The van der Waals surface area contributed by atoms with Crippen molar-refractivity contribution in [2.24, 2.45) is 5.92 Å². The molecule has 0 amide bonds. The Kier molecular flexibility index (Phi) is 3.29. The SMILES string of the molecule is C/C=C1\C[N@@+]2(C)CCC34C(=C(C=O)[C@H]1C[C@@H]32)Nc1ccccc14.[Cl-]. The van der Waals surface area contributed by atoms with Crippen molar-refractivity contribution < 1.29 is 21.7 Å².